The van der Waals surface area contributed by atoms with Crippen LogP contribution in [0.5, 0.6) is 0 Å². The predicted octanol–water partition coefficient (Wildman–Crippen LogP) is 2.07. The number of halogens is 1. The molecule has 2 heterocycles. The molecule has 3 rings (SSSR count). The number of hydrogen-bond acceptors (Lipinski definition) is 5. The highest BCUT2D eigenvalue weighted by Crippen LogP contribution is 2.27. The molecule has 0 atom stereocenters. The number of sulfonamides is 1. The highest BCUT2D eigenvalue weighted by Gasteiger charge is 2.23. The fraction of sp³-hybridized carbons (Fsp3) is 0.214. The van der Waals surface area contributed by atoms with Crippen molar-refractivity contribution in [2.24, 2.45) is 7.05 Å². The highest BCUT2D eigenvalue weighted by molar-refractivity contribution is 7.92. The van der Waals surface area contributed by atoms with E-state index in [4.69, 9.17) is 11.6 Å². The molecule has 126 valence electrons. The molecule has 24 heavy (non-hydrogen) atoms. The van der Waals surface area contributed by atoms with Gasteiger partial charge in [-0.05, 0) is 31.5 Å². The van der Waals surface area contributed by atoms with Crippen molar-refractivity contribution in [3.8, 4) is 5.82 Å². The Kier molecular flexibility index (Phi) is 4.06. The van der Waals surface area contributed by atoms with E-state index in [0.29, 0.717) is 22.2 Å². The molecule has 8 nitrogen and oxygen atoms in total. The Hall–Kier alpha value is -2.39. The largest absolute Gasteiger partial charge is 0.274 e. The number of aromatic nitrogens is 5. The molecule has 0 bridgehead atoms. The molecule has 0 amide bonds. The summed E-state index contributed by atoms with van der Waals surface area (Å²) in [6.45, 7) is 3.51. The summed E-state index contributed by atoms with van der Waals surface area (Å²) in [7, 11) is -2.13. The fourth-order valence-corrected chi connectivity index (χ4v) is 3.67. The minimum atomic E-state index is -3.82. The van der Waals surface area contributed by atoms with Crippen LogP contribution in [0.3, 0.4) is 0 Å². The second-order valence-electron chi connectivity index (χ2n) is 5.26. The third-order valence-electron chi connectivity index (χ3n) is 3.52. The van der Waals surface area contributed by atoms with Crippen LogP contribution in [0, 0.1) is 13.8 Å². The summed E-state index contributed by atoms with van der Waals surface area (Å²) >= 11 is 6.04. The summed E-state index contributed by atoms with van der Waals surface area (Å²) in [5.74, 6) is 0.465. The van der Waals surface area contributed by atoms with Gasteiger partial charge >= 0.3 is 0 Å². The molecule has 3 aromatic rings. The number of nitrogens with zero attached hydrogens (tertiary/aromatic N) is 5. The summed E-state index contributed by atoms with van der Waals surface area (Å²) in [6.07, 6.45) is 2.83. The Balaban J connectivity index is 2.06. The summed E-state index contributed by atoms with van der Waals surface area (Å²) in [4.78, 5) is 3.96. The van der Waals surface area contributed by atoms with Crippen molar-refractivity contribution in [3.63, 3.8) is 0 Å². The van der Waals surface area contributed by atoms with Crippen molar-refractivity contribution in [1.29, 1.82) is 0 Å². The minimum Gasteiger partial charge on any atom is -0.274 e. The van der Waals surface area contributed by atoms with Gasteiger partial charge in [0, 0.05) is 12.1 Å². The van der Waals surface area contributed by atoms with Crippen LogP contribution in [0.15, 0.2) is 35.7 Å². The molecule has 0 aliphatic heterocycles. The van der Waals surface area contributed by atoms with Crippen molar-refractivity contribution >= 4 is 27.3 Å². The Labute approximate surface area is 144 Å². The molecule has 0 aliphatic carbocycles. The van der Waals surface area contributed by atoms with Gasteiger partial charge in [0.15, 0.2) is 5.82 Å². The lowest BCUT2D eigenvalue weighted by molar-refractivity contribution is 0.601. The van der Waals surface area contributed by atoms with Crippen LogP contribution in [-0.4, -0.2) is 33.0 Å². The topological polar surface area (TPSA) is 94.7 Å². The minimum absolute atomic E-state index is 0.0749. The van der Waals surface area contributed by atoms with Crippen LogP contribution >= 0.6 is 11.6 Å². The lowest BCUT2D eigenvalue weighted by atomic mass is 10.2. The Morgan fingerprint density at radius 1 is 1.25 bits per heavy atom. The second kappa shape index (κ2) is 5.91. The first-order valence-corrected chi connectivity index (χ1v) is 8.83. The van der Waals surface area contributed by atoms with Gasteiger partial charge in [0.25, 0.3) is 10.0 Å². The molecule has 0 aliphatic rings. The van der Waals surface area contributed by atoms with E-state index in [9.17, 15) is 8.42 Å². The van der Waals surface area contributed by atoms with Gasteiger partial charge in [0.2, 0.25) is 0 Å². The third kappa shape index (κ3) is 2.87. The van der Waals surface area contributed by atoms with Gasteiger partial charge in [-0.25, -0.2) is 22.8 Å². The molecule has 1 N–H and O–H groups in total. The maximum absolute atomic E-state index is 12.7. The monoisotopic (exact) mass is 366 g/mol. The van der Waals surface area contributed by atoms with Crippen LogP contribution in [0.25, 0.3) is 5.82 Å². The van der Waals surface area contributed by atoms with Crippen molar-refractivity contribution in [3.05, 3.63) is 47.1 Å². The zero-order valence-corrected chi connectivity index (χ0v) is 14.8. The van der Waals surface area contributed by atoms with Crippen LogP contribution in [0.2, 0.25) is 5.02 Å². The SMILES string of the molecule is Cc1ccc(S(=O)(=O)Nc2c(C)nn(C)c2-n2cncn2)cc1Cl. The number of nitrogens with one attached hydrogen (secondary N) is 1. The molecule has 0 unspecified atom stereocenters. The van der Waals surface area contributed by atoms with E-state index >= 15 is 0 Å². The number of anilines is 1. The van der Waals surface area contributed by atoms with Crippen LogP contribution in [-0.2, 0) is 17.1 Å². The summed E-state index contributed by atoms with van der Waals surface area (Å²) in [5.41, 5.74) is 1.65. The van der Waals surface area contributed by atoms with E-state index in [-0.39, 0.29) is 4.90 Å². The van der Waals surface area contributed by atoms with Crippen molar-refractivity contribution < 1.29 is 8.42 Å². The predicted molar refractivity (Wildman–Crippen MR) is 89.9 cm³/mol. The van der Waals surface area contributed by atoms with E-state index < -0.39 is 10.0 Å². The van der Waals surface area contributed by atoms with E-state index in [1.165, 1.54) is 34.2 Å². The molecular formula is C14H15ClN6O2S. The third-order valence-corrected chi connectivity index (χ3v) is 5.27. The van der Waals surface area contributed by atoms with Crippen molar-refractivity contribution in [2.75, 3.05) is 4.72 Å². The van der Waals surface area contributed by atoms with E-state index in [1.54, 1.807) is 27.0 Å². The van der Waals surface area contributed by atoms with Gasteiger partial charge in [-0.3, -0.25) is 4.72 Å². The van der Waals surface area contributed by atoms with Gasteiger partial charge in [0.1, 0.15) is 18.3 Å². The van der Waals surface area contributed by atoms with Crippen molar-refractivity contribution in [1.82, 2.24) is 24.5 Å². The maximum atomic E-state index is 12.7. The van der Waals surface area contributed by atoms with Crippen LogP contribution in [0.4, 0.5) is 5.69 Å². The van der Waals surface area contributed by atoms with Gasteiger partial charge in [-0.15, -0.1) is 0 Å². The molecular weight excluding hydrogens is 352 g/mol. The second-order valence-corrected chi connectivity index (χ2v) is 7.35. The summed E-state index contributed by atoms with van der Waals surface area (Å²) < 4.78 is 30.9. The van der Waals surface area contributed by atoms with Crippen LogP contribution in [0.1, 0.15) is 11.3 Å². The molecule has 10 heteroatoms. The zero-order chi connectivity index (χ0) is 17.5. The summed E-state index contributed by atoms with van der Waals surface area (Å²) in [6, 6.07) is 4.58. The lowest BCUT2D eigenvalue weighted by Crippen LogP contribution is -2.15. The molecule has 0 saturated heterocycles. The first kappa shape index (κ1) is 16.5. The Morgan fingerprint density at radius 2 is 2.00 bits per heavy atom. The van der Waals surface area contributed by atoms with Gasteiger partial charge in [-0.2, -0.15) is 10.2 Å². The molecule has 2 aromatic heterocycles. The van der Waals surface area contributed by atoms with Gasteiger partial charge in [0.05, 0.1) is 10.6 Å². The lowest BCUT2D eigenvalue weighted by Gasteiger charge is -2.11. The van der Waals surface area contributed by atoms with Crippen LogP contribution < -0.4 is 4.72 Å². The highest BCUT2D eigenvalue weighted by atomic mass is 35.5. The Bertz CT molecular complexity index is 995. The average molecular weight is 367 g/mol. The smallest absolute Gasteiger partial charge is 0.262 e. The van der Waals surface area contributed by atoms with Gasteiger partial charge < -0.3 is 0 Å². The van der Waals surface area contributed by atoms with E-state index in [0.717, 1.165) is 5.56 Å². The normalized spacial score (nSPS) is 11.7. The number of rotatable bonds is 4. The summed E-state index contributed by atoms with van der Waals surface area (Å²) in [5, 5.41) is 8.68. The van der Waals surface area contributed by atoms with Crippen molar-refractivity contribution in [2.45, 2.75) is 18.7 Å². The first-order chi connectivity index (χ1) is 11.3. The molecule has 0 spiro atoms. The molecule has 0 radical (unpaired) electrons. The number of aryl methyl sites for hydroxylation is 3. The van der Waals surface area contributed by atoms with E-state index in [2.05, 4.69) is 19.9 Å². The molecule has 1 aromatic carbocycles. The quantitative estimate of drug-likeness (QED) is 0.762. The number of hydrogen-bond donors (Lipinski definition) is 1. The number of benzene rings is 1. The van der Waals surface area contributed by atoms with Gasteiger partial charge in [-0.1, -0.05) is 17.7 Å². The standard InChI is InChI=1S/C14H15ClN6O2S/c1-9-4-5-11(6-12(9)15)24(22,23)19-13-10(2)18-20(3)14(13)21-8-16-7-17-21/h4-8,19H,1-3H3. The zero-order valence-electron chi connectivity index (χ0n) is 13.2. The fourth-order valence-electron chi connectivity index (χ4n) is 2.28. The molecule has 0 fully saturated rings. The van der Waals surface area contributed by atoms with E-state index in [1.807, 2.05) is 0 Å². The Morgan fingerprint density at radius 3 is 2.62 bits per heavy atom. The maximum Gasteiger partial charge on any atom is 0.262 e. The molecule has 0 saturated carbocycles. The average Bonchev–Trinajstić information content (AvgIpc) is 3.10. The first-order valence-electron chi connectivity index (χ1n) is 6.97.